The van der Waals surface area contributed by atoms with Gasteiger partial charge in [0.05, 0.1) is 5.71 Å². The van der Waals surface area contributed by atoms with Gasteiger partial charge in [0, 0.05) is 6.20 Å². The molecule has 1 amide bonds. The molecule has 0 aliphatic carbocycles. The molecule has 116 valence electrons. The highest BCUT2D eigenvalue weighted by molar-refractivity contribution is 5.99. The lowest BCUT2D eigenvalue weighted by molar-refractivity contribution is -0.141. The quantitative estimate of drug-likeness (QED) is 0.696. The lowest BCUT2D eigenvalue weighted by Crippen LogP contribution is -2.24. The summed E-state index contributed by atoms with van der Waals surface area (Å²) in [6, 6.07) is 9.98. The summed E-state index contributed by atoms with van der Waals surface area (Å²) < 4.78 is 38.1. The van der Waals surface area contributed by atoms with Crippen LogP contribution in [0.1, 0.15) is 18.2 Å². The van der Waals surface area contributed by atoms with Crippen molar-refractivity contribution in [3.8, 4) is 0 Å². The maximum absolute atomic E-state index is 12.4. The number of nitrogens with zero attached hydrogens (tertiary/aromatic N) is 3. The van der Waals surface area contributed by atoms with Gasteiger partial charge in [0.15, 0.2) is 5.69 Å². The molecule has 22 heavy (non-hydrogen) atoms. The summed E-state index contributed by atoms with van der Waals surface area (Å²) in [5, 5.41) is 7.19. The fraction of sp³-hybridized carbons (Fsp3) is 0.214. The van der Waals surface area contributed by atoms with Crippen LogP contribution < -0.4 is 5.43 Å². The average Bonchev–Trinajstić information content (AvgIpc) is 2.94. The second-order valence-electron chi connectivity index (χ2n) is 4.49. The van der Waals surface area contributed by atoms with Gasteiger partial charge in [0.25, 0.3) is 5.91 Å². The minimum Gasteiger partial charge on any atom is -0.271 e. The van der Waals surface area contributed by atoms with Crippen molar-refractivity contribution in [2.75, 3.05) is 0 Å². The molecule has 0 fully saturated rings. The summed E-state index contributed by atoms with van der Waals surface area (Å²) >= 11 is 0. The highest BCUT2D eigenvalue weighted by Crippen LogP contribution is 2.27. The van der Waals surface area contributed by atoms with Gasteiger partial charge >= 0.3 is 6.18 Å². The predicted octanol–water partition coefficient (Wildman–Crippen LogP) is 2.44. The number of carbonyl (C=O) groups excluding carboxylic acids is 1. The molecule has 1 aromatic heterocycles. The van der Waals surface area contributed by atoms with E-state index in [0.717, 1.165) is 22.5 Å². The molecule has 8 heteroatoms. The van der Waals surface area contributed by atoms with Gasteiger partial charge in [-0.25, -0.2) is 5.43 Å². The first-order valence-corrected chi connectivity index (χ1v) is 6.35. The van der Waals surface area contributed by atoms with E-state index < -0.39 is 17.8 Å². The molecule has 2 aromatic rings. The summed E-state index contributed by atoms with van der Waals surface area (Å²) in [5.41, 5.74) is 2.67. The highest BCUT2D eigenvalue weighted by atomic mass is 19.4. The molecule has 0 aliphatic heterocycles. The molecular weight excluding hydrogens is 297 g/mol. The Kier molecular flexibility index (Phi) is 4.59. The van der Waals surface area contributed by atoms with Gasteiger partial charge in [-0.3, -0.25) is 9.48 Å². The van der Waals surface area contributed by atoms with E-state index in [0.29, 0.717) is 5.71 Å². The number of halogens is 3. The molecule has 2 rings (SSSR count). The molecule has 0 saturated heterocycles. The number of benzene rings is 1. The molecule has 0 aliphatic rings. The predicted molar refractivity (Wildman–Crippen MR) is 74.0 cm³/mol. The van der Waals surface area contributed by atoms with E-state index in [1.54, 1.807) is 6.92 Å². The van der Waals surface area contributed by atoms with Gasteiger partial charge in [-0.15, -0.1) is 0 Å². The fourth-order valence-electron chi connectivity index (χ4n) is 1.67. The molecule has 0 unspecified atom stereocenters. The fourth-order valence-corrected chi connectivity index (χ4v) is 1.67. The van der Waals surface area contributed by atoms with Gasteiger partial charge in [-0.2, -0.15) is 23.4 Å². The zero-order valence-electron chi connectivity index (χ0n) is 11.6. The molecule has 1 aromatic carbocycles. The van der Waals surface area contributed by atoms with E-state index in [2.05, 4.69) is 15.6 Å². The van der Waals surface area contributed by atoms with Crippen molar-refractivity contribution in [2.24, 2.45) is 5.10 Å². The SMILES string of the molecule is CC(=NNC(=O)Cn1ccc(C(F)(F)F)n1)c1ccccc1. The van der Waals surface area contributed by atoms with Crippen molar-refractivity contribution in [1.29, 1.82) is 0 Å². The minimum absolute atomic E-state index is 0.346. The zero-order chi connectivity index (χ0) is 16.2. The van der Waals surface area contributed by atoms with Crippen LogP contribution in [-0.2, 0) is 17.5 Å². The van der Waals surface area contributed by atoms with Crippen LogP contribution in [0.3, 0.4) is 0 Å². The number of aromatic nitrogens is 2. The Morgan fingerprint density at radius 3 is 2.55 bits per heavy atom. The summed E-state index contributed by atoms with van der Waals surface area (Å²) in [5.74, 6) is -0.563. The number of alkyl halides is 3. The van der Waals surface area contributed by atoms with Crippen LogP contribution in [0, 0.1) is 0 Å². The van der Waals surface area contributed by atoms with E-state index in [-0.39, 0.29) is 6.54 Å². The molecular formula is C14H13F3N4O. The van der Waals surface area contributed by atoms with Crippen molar-refractivity contribution < 1.29 is 18.0 Å². The number of hydrogen-bond acceptors (Lipinski definition) is 3. The van der Waals surface area contributed by atoms with Gasteiger partial charge in [0.1, 0.15) is 6.54 Å². The third-order valence-corrected chi connectivity index (χ3v) is 2.78. The van der Waals surface area contributed by atoms with Gasteiger partial charge < -0.3 is 0 Å². The van der Waals surface area contributed by atoms with Crippen molar-refractivity contribution in [3.63, 3.8) is 0 Å². The van der Waals surface area contributed by atoms with E-state index >= 15 is 0 Å². The first-order valence-electron chi connectivity index (χ1n) is 6.35. The molecule has 0 saturated carbocycles. The molecule has 5 nitrogen and oxygen atoms in total. The van der Waals surface area contributed by atoms with Crippen LogP contribution in [0.15, 0.2) is 47.7 Å². The lowest BCUT2D eigenvalue weighted by Gasteiger charge is -2.04. The van der Waals surface area contributed by atoms with Crippen LogP contribution >= 0.6 is 0 Å². The van der Waals surface area contributed by atoms with Crippen molar-refractivity contribution in [2.45, 2.75) is 19.6 Å². The largest absolute Gasteiger partial charge is 0.435 e. The highest BCUT2D eigenvalue weighted by Gasteiger charge is 2.33. The standard InChI is InChI=1S/C14H13F3N4O/c1-10(11-5-3-2-4-6-11)18-19-13(22)9-21-8-7-12(20-21)14(15,16)17/h2-8H,9H2,1H3,(H,19,22). The monoisotopic (exact) mass is 310 g/mol. The van der Waals surface area contributed by atoms with Gasteiger partial charge in [-0.1, -0.05) is 30.3 Å². The number of nitrogens with one attached hydrogen (secondary N) is 1. The normalized spacial score (nSPS) is 12.3. The summed E-state index contributed by atoms with van der Waals surface area (Å²) in [4.78, 5) is 11.6. The molecule has 0 radical (unpaired) electrons. The second kappa shape index (κ2) is 6.42. The van der Waals surface area contributed by atoms with Crippen LogP contribution in [0.2, 0.25) is 0 Å². The van der Waals surface area contributed by atoms with Crippen molar-refractivity contribution in [1.82, 2.24) is 15.2 Å². The third-order valence-electron chi connectivity index (χ3n) is 2.78. The maximum atomic E-state index is 12.4. The Labute approximate surface area is 124 Å². The molecule has 1 heterocycles. The minimum atomic E-state index is -4.52. The smallest absolute Gasteiger partial charge is 0.271 e. The van der Waals surface area contributed by atoms with E-state index in [1.807, 2.05) is 30.3 Å². The van der Waals surface area contributed by atoms with Crippen LogP contribution in [0.5, 0.6) is 0 Å². The first kappa shape index (κ1) is 15.7. The summed E-state index contributed by atoms with van der Waals surface area (Å²) in [7, 11) is 0. The Hall–Kier alpha value is -2.64. The zero-order valence-corrected chi connectivity index (χ0v) is 11.6. The van der Waals surface area contributed by atoms with Crippen molar-refractivity contribution in [3.05, 3.63) is 53.9 Å². The number of hydrazone groups is 1. The van der Waals surface area contributed by atoms with Crippen molar-refractivity contribution >= 4 is 11.6 Å². The topological polar surface area (TPSA) is 59.3 Å². The van der Waals surface area contributed by atoms with Crippen LogP contribution in [0.4, 0.5) is 13.2 Å². The van der Waals surface area contributed by atoms with Crippen LogP contribution in [0.25, 0.3) is 0 Å². The van der Waals surface area contributed by atoms with E-state index in [9.17, 15) is 18.0 Å². The number of rotatable bonds is 4. The van der Waals surface area contributed by atoms with Crippen LogP contribution in [-0.4, -0.2) is 21.4 Å². The molecule has 0 atom stereocenters. The number of carbonyl (C=O) groups is 1. The summed E-state index contributed by atoms with van der Waals surface area (Å²) in [6.07, 6.45) is -3.43. The van der Waals surface area contributed by atoms with Gasteiger partial charge in [-0.05, 0) is 18.6 Å². The Bertz CT molecular complexity index is 677. The molecule has 0 spiro atoms. The Balaban J connectivity index is 1.95. The van der Waals surface area contributed by atoms with E-state index in [4.69, 9.17) is 0 Å². The number of amides is 1. The average molecular weight is 310 g/mol. The Morgan fingerprint density at radius 1 is 1.27 bits per heavy atom. The third kappa shape index (κ3) is 4.18. The molecule has 0 bridgehead atoms. The summed E-state index contributed by atoms with van der Waals surface area (Å²) in [6.45, 7) is 1.37. The molecule has 1 N–H and O–H groups in total. The second-order valence-corrected chi connectivity index (χ2v) is 4.49. The Morgan fingerprint density at radius 2 is 1.95 bits per heavy atom. The maximum Gasteiger partial charge on any atom is 0.435 e. The lowest BCUT2D eigenvalue weighted by atomic mass is 10.1. The van der Waals surface area contributed by atoms with E-state index in [1.165, 1.54) is 0 Å². The first-order chi connectivity index (χ1) is 10.4. The van der Waals surface area contributed by atoms with Gasteiger partial charge in [0.2, 0.25) is 0 Å². The number of hydrogen-bond donors (Lipinski definition) is 1.